The quantitative estimate of drug-likeness (QED) is 0.942. The molecule has 2 heterocycles. The van der Waals surface area contributed by atoms with Crippen LogP contribution in [0.2, 0.25) is 0 Å². The Hall–Kier alpha value is -1.59. The van der Waals surface area contributed by atoms with Crippen molar-refractivity contribution in [1.29, 1.82) is 0 Å². The number of carbonyl (C=O) groups excluding carboxylic acids is 1. The first-order chi connectivity index (χ1) is 10.7. The van der Waals surface area contributed by atoms with Crippen LogP contribution in [0.5, 0.6) is 0 Å². The Morgan fingerprint density at radius 1 is 1.27 bits per heavy atom. The van der Waals surface area contributed by atoms with Crippen molar-refractivity contribution < 1.29 is 9.53 Å². The molecule has 116 valence electrons. The number of carbonyl (C=O) groups is 1. The van der Waals surface area contributed by atoms with Gasteiger partial charge in [0.25, 0.3) is 5.91 Å². The number of nitrogens with zero attached hydrogens (tertiary/aromatic N) is 1. The zero-order chi connectivity index (χ0) is 15.4. The Morgan fingerprint density at radius 2 is 2.05 bits per heavy atom. The van der Waals surface area contributed by atoms with Crippen molar-refractivity contribution in [3.63, 3.8) is 0 Å². The van der Waals surface area contributed by atoms with Crippen LogP contribution < -0.4 is 5.32 Å². The number of pyridine rings is 1. The Bertz CT molecular complexity index is 669. The lowest BCUT2D eigenvalue weighted by atomic mass is 9.99. The zero-order valence-corrected chi connectivity index (χ0v) is 13.5. The molecule has 0 saturated carbocycles. The number of hydrogen-bond acceptors (Lipinski definition) is 4. The number of hydrogen-bond donors (Lipinski definition) is 1. The van der Waals surface area contributed by atoms with Crippen LogP contribution in [0.4, 0.5) is 0 Å². The topological polar surface area (TPSA) is 51.2 Å². The number of nitrogens with one attached hydrogen (secondary N) is 1. The molecule has 0 spiro atoms. The van der Waals surface area contributed by atoms with E-state index in [1.54, 1.807) is 6.07 Å². The summed E-state index contributed by atoms with van der Waals surface area (Å²) >= 11 is 1.82. The molecule has 2 aromatic rings. The van der Waals surface area contributed by atoms with Gasteiger partial charge in [0.2, 0.25) is 0 Å². The highest BCUT2D eigenvalue weighted by molar-refractivity contribution is 8.00. The van der Waals surface area contributed by atoms with Crippen LogP contribution in [0.15, 0.2) is 36.4 Å². The molecule has 0 atom stereocenters. The molecule has 1 aliphatic rings. The molecule has 1 amide bonds. The summed E-state index contributed by atoms with van der Waals surface area (Å²) in [6.07, 6.45) is 4.05. The van der Waals surface area contributed by atoms with E-state index in [0.29, 0.717) is 12.2 Å². The van der Waals surface area contributed by atoms with Gasteiger partial charge >= 0.3 is 0 Å². The van der Waals surface area contributed by atoms with E-state index in [1.165, 1.54) is 0 Å². The summed E-state index contributed by atoms with van der Waals surface area (Å²) < 4.78 is 5.52. The SMILES string of the molecule is CSC1(CNC(=O)c2ccc3ccccc3n2)CCOCC1. The van der Waals surface area contributed by atoms with Crippen molar-refractivity contribution in [3.05, 3.63) is 42.1 Å². The molecule has 1 N–H and O–H groups in total. The lowest BCUT2D eigenvalue weighted by Gasteiger charge is -2.35. The minimum Gasteiger partial charge on any atom is -0.381 e. The van der Waals surface area contributed by atoms with E-state index in [1.807, 2.05) is 42.1 Å². The number of aromatic nitrogens is 1. The van der Waals surface area contributed by atoms with Gasteiger partial charge in [-0.3, -0.25) is 4.79 Å². The highest BCUT2D eigenvalue weighted by Gasteiger charge is 2.32. The van der Waals surface area contributed by atoms with Gasteiger partial charge in [0.15, 0.2) is 0 Å². The molecule has 0 radical (unpaired) electrons. The Morgan fingerprint density at radius 3 is 2.82 bits per heavy atom. The molecule has 1 fully saturated rings. The van der Waals surface area contributed by atoms with Crippen LogP contribution >= 0.6 is 11.8 Å². The Kier molecular flexibility index (Phi) is 4.64. The lowest BCUT2D eigenvalue weighted by molar-refractivity contribution is 0.0741. The van der Waals surface area contributed by atoms with Crippen molar-refractivity contribution in [3.8, 4) is 0 Å². The maximum absolute atomic E-state index is 12.4. The third-order valence-corrected chi connectivity index (χ3v) is 5.66. The molecule has 22 heavy (non-hydrogen) atoms. The standard InChI is InChI=1S/C17H20N2O2S/c1-22-17(8-10-21-11-9-17)12-18-16(20)15-7-6-13-4-2-3-5-14(13)19-15/h2-7H,8-12H2,1H3,(H,18,20). The number of fused-ring (bicyclic) bond motifs is 1. The summed E-state index contributed by atoms with van der Waals surface area (Å²) in [5.74, 6) is -0.106. The minimum atomic E-state index is -0.106. The largest absolute Gasteiger partial charge is 0.381 e. The summed E-state index contributed by atoms with van der Waals surface area (Å²) in [7, 11) is 0. The lowest BCUT2D eigenvalue weighted by Crippen LogP contribution is -2.44. The molecule has 3 rings (SSSR count). The maximum atomic E-state index is 12.4. The van der Waals surface area contributed by atoms with E-state index in [9.17, 15) is 4.79 Å². The van der Waals surface area contributed by atoms with Gasteiger partial charge in [0.05, 0.1) is 5.52 Å². The smallest absolute Gasteiger partial charge is 0.269 e. The first kappa shape index (κ1) is 15.3. The fourth-order valence-electron chi connectivity index (χ4n) is 2.72. The minimum absolute atomic E-state index is 0.0881. The van der Waals surface area contributed by atoms with Gasteiger partial charge in [-0.15, -0.1) is 0 Å². The number of benzene rings is 1. The van der Waals surface area contributed by atoms with Crippen molar-refractivity contribution in [1.82, 2.24) is 10.3 Å². The number of thioether (sulfide) groups is 1. The summed E-state index contributed by atoms with van der Waals surface area (Å²) in [6.45, 7) is 2.20. The van der Waals surface area contributed by atoms with E-state index in [0.717, 1.165) is 37.0 Å². The molecular weight excluding hydrogens is 296 g/mol. The number of ether oxygens (including phenoxy) is 1. The normalized spacial score (nSPS) is 17.3. The number of para-hydroxylation sites is 1. The molecule has 5 heteroatoms. The highest BCUT2D eigenvalue weighted by atomic mass is 32.2. The van der Waals surface area contributed by atoms with Crippen LogP contribution in [-0.2, 0) is 4.74 Å². The van der Waals surface area contributed by atoms with Crippen molar-refractivity contribution >= 4 is 28.6 Å². The average molecular weight is 316 g/mol. The second-order valence-corrected chi connectivity index (χ2v) is 6.85. The Labute approximate surface area is 134 Å². The zero-order valence-electron chi connectivity index (χ0n) is 12.7. The van der Waals surface area contributed by atoms with Gasteiger partial charge in [0.1, 0.15) is 5.69 Å². The number of rotatable bonds is 4. The first-order valence-corrected chi connectivity index (χ1v) is 8.72. The van der Waals surface area contributed by atoms with Crippen molar-refractivity contribution in [2.45, 2.75) is 17.6 Å². The van der Waals surface area contributed by atoms with Gasteiger partial charge in [-0.2, -0.15) is 11.8 Å². The molecule has 1 aromatic heterocycles. The molecule has 0 unspecified atom stereocenters. The van der Waals surface area contributed by atoms with E-state index in [2.05, 4.69) is 16.6 Å². The van der Waals surface area contributed by atoms with Crippen LogP contribution in [0.1, 0.15) is 23.3 Å². The van der Waals surface area contributed by atoms with E-state index in [-0.39, 0.29) is 10.7 Å². The van der Waals surface area contributed by atoms with Crippen molar-refractivity contribution in [2.75, 3.05) is 26.0 Å². The van der Waals surface area contributed by atoms with E-state index in [4.69, 9.17) is 4.74 Å². The molecule has 0 aliphatic carbocycles. The summed E-state index contributed by atoms with van der Waals surface area (Å²) in [5.41, 5.74) is 1.32. The predicted octanol–water partition coefficient (Wildman–Crippen LogP) is 2.88. The molecule has 0 bridgehead atoms. The monoisotopic (exact) mass is 316 g/mol. The fourth-order valence-corrected chi connectivity index (χ4v) is 3.51. The highest BCUT2D eigenvalue weighted by Crippen LogP contribution is 2.33. The Balaban J connectivity index is 1.70. The van der Waals surface area contributed by atoms with Gasteiger partial charge in [-0.1, -0.05) is 24.3 Å². The average Bonchev–Trinajstić information content (AvgIpc) is 2.60. The van der Waals surface area contributed by atoms with Crippen LogP contribution in [0.25, 0.3) is 10.9 Å². The number of amides is 1. The van der Waals surface area contributed by atoms with E-state index >= 15 is 0 Å². The molecular formula is C17H20N2O2S. The third-order valence-electron chi connectivity index (χ3n) is 4.24. The molecule has 1 aliphatic heterocycles. The molecule has 1 saturated heterocycles. The van der Waals surface area contributed by atoms with Crippen LogP contribution in [-0.4, -0.2) is 41.7 Å². The van der Waals surface area contributed by atoms with Crippen LogP contribution in [0.3, 0.4) is 0 Å². The maximum Gasteiger partial charge on any atom is 0.269 e. The van der Waals surface area contributed by atoms with Crippen molar-refractivity contribution in [2.24, 2.45) is 0 Å². The molecule has 4 nitrogen and oxygen atoms in total. The second-order valence-electron chi connectivity index (χ2n) is 5.57. The van der Waals surface area contributed by atoms with Gasteiger partial charge < -0.3 is 10.1 Å². The van der Waals surface area contributed by atoms with Crippen LogP contribution in [0, 0.1) is 0 Å². The first-order valence-electron chi connectivity index (χ1n) is 7.49. The van der Waals surface area contributed by atoms with Gasteiger partial charge in [-0.25, -0.2) is 4.98 Å². The molecule has 1 aromatic carbocycles. The predicted molar refractivity (Wildman–Crippen MR) is 90.4 cm³/mol. The van der Waals surface area contributed by atoms with Gasteiger partial charge in [-0.05, 0) is 31.2 Å². The van der Waals surface area contributed by atoms with E-state index < -0.39 is 0 Å². The fraction of sp³-hybridized carbons (Fsp3) is 0.412. The third kappa shape index (κ3) is 3.25. The second kappa shape index (κ2) is 6.67. The summed E-state index contributed by atoms with van der Waals surface area (Å²) in [4.78, 5) is 16.8. The summed E-state index contributed by atoms with van der Waals surface area (Å²) in [6, 6.07) is 11.5. The summed E-state index contributed by atoms with van der Waals surface area (Å²) in [5, 5.41) is 4.09. The van der Waals surface area contributed by atoms with Gasteiger partial charge in [0, 0.05) is 29.9 Å².